The van der Waals surface area contributed by atoms with Crippen LogP contribution >= 0.6 is 0 Å². The minimum Gasteiger partial charge on any atom is -0.480 e. The number of alkyl halides is 3. The molecule has 1 aromatic heterocycles. The van der Waals surface area contributed by atoms with E-state index in [1.807, 2.05) is 0 Å². The average Bonchev–Trinajstić information content (AvgIpc) is 3.50. The van der Waals surface area contributed by atoms with E-state index in [1.54, 1.807) is 0 Å². The Morgan fingerprint density at radius 2 is 1.92 bits per heavy atom. The summed E-state index contributed by atoms with van der Waals surface area (Å²) < 4.78 is 85.6. The van der Waals surface area contributed by atoms with Gasteiger partial charge in [-0.2, -0.15) is 17.5 Å². The van der Waals surface area contributed by atoms with Crippen LogP contribution in [0.4, 0.5) is 17.6 Å². The van der Waals surface area contributed by atoms with Gasteiger partial charge in [0.25, 0.3) is 0 Å². The van der Waals surface area contributed by atoms with Gasteiger partial charge < -0.3 is 10.1 Å². The third kappa shape index (κ3) is 5.21. The molecule has 1 atom stereocenters. The highest BCUT2D eigenvalue weighted by molar-refractivity contribution is 7.89. The molecule has 36 heavy (non-hydrogen) atoms. The number of sulfonamides is 1. The molecule has 2 aromatic carbocycles. The second-order valence-electron chi connectivity index (χ2n) is 8.10. The number of rotatable bonds is 7. The number of hydrogen-bond donors (Lipinski definition) is 1. The molecule has 0 saturated carbocycles. The highest BCUT2D eigenvalue weighted by Crippen LogP contribution is 2.30. The monoisotopic (exact) mass is 526 g/mol. The van der Waals surface area contributed by atoms with Gasteiger partial charge in [0.1, 0.15) is 11.9 Å². The van der Waals surface area contributed by atoms with Crippen molar-refractivity contribution >= 4 is 15.9 Å². The molecule has 13 heteroatoms. The number of amides is 1. The zero-order valence-electron chi connectivity index (χ0n) is 19.0. The standard InChI is InChI=1S/C23H22F4N4O4S/c1-35-22-15(14-30(29-22)18-9-7-16(8-10-18)23(25,26)27)13-28-21(32)20-6-3-11-31(20)36(33,34)19-5-2-4-17(24)12-19/h2,4-5,7-10,12,14,20H,3,6,11,13H2,1H3,(H,28,32). The van der Waals surface area contributed by atoms with Crippen molar-refractivity contribution in [2.45, 2.75) is 36.5 Å². The minimum absolute atomic E-state index is 0.0625. The number of nitrogens with zero attached hydrogens (tertiary/aromatic N) is 3. The summed E-state index contributed by atoms with van der Waals surface area (Å²) >= 11 is 0. The second-order valence-corrected chi connectivity index (χ2v) is 9.99. The number of hydrogen-bond acceptors (Lipinski definition) is 5. The van der Waals surface area contributed by atoms with Crippen molar-refractivity contribution in [2.75, 3.05) is 13.7 Å². The van der Waals surface area contributed by atoms with Crippen LogP contribution < -0.4 is 10.1 Å². The lowest BCUT2D eigenvalue weighted by molar-refractivity contribution is -0.137. The fraction of sp³-hybridized carbons (Fsp3) is 0.304. The number of methoxy groups -OCH3 is 1. The van der Waals surface area contributed by atoms with E-state index in [4.69, 9.17) is 4.74 Å². The maximum atomic E-state index is 13.6. The summed E-state index contributed by atoms with van der Waals surface area (Å²) in [6.45, 7) is 0.0547. The maximum absolute atomic E-state index is 13.6. The molecule has 0 aliphatic carbocycles. The van der Waals surface area contributed by atoms with Crippen LogP contribution in [0.5, 0.6) is 5.88 Å². The first-order valence-electron chi connectivity index (χ1n) is 10.9. The summed E-state index contributed by atoms with van der Waals surface area (Å²) in [6.07, 6.45) is -2.21. The van der Waals surface area contributed by atoms with Crippen LogP contribution in [-0.2, 0) is 27.5 Å². The van der Waals surface area contributed by atoms with Gasteiger partial charge in [0, 0.05) is 19.3 Å². The van der Waals surface area contributed by atoms with E-state index in [2.05, 4.69) is 10.4 Å². The van der Waals surface area contributed by atoms with Crippen LogP contribution in [0.1, 0.15) is 24.0 Å². The highest BCUT2D eigenvalue weighted by Gasteiger charge is 2.39. The summed E-state index contributed by atoms with van der Waals surface area (Å²) in [7, 11) is -2.73. The first-order chi connectivity index (χ1) is 17.0. The molecule has 1 fully saturated rings. The molecule has 0 radical (unpaired) electrons. The van der Waals surface area contributed by atoms with Gasteiger partial charge >= 0.3 is 6.18 Å². The van der Waals surface area contributed by atoms with E-state index < -0.39 is 39.5 Å². The Kier molecular flexibility index (Phi) is 7.05. The van der Waals surface area contributed by atoms with Crippen molar-refractivity contribution in [3.63, 3.8) is 0 Å². The van der Waals surface area contributed by atoms with Crippen LogP contribution in [0.25, 0.3) is 5.69 Å². The average molecular weight is 527 g/mol. The Hall–Kier alpha value is -3.45. The SMILES string of the molecule is COc1nn(-c2ccc(C(F)(F)F)cc2)cc1CNC(=O)C1CCCN1S(=O)(=O)c1cccc(F)c1. The fourth-order valence-electron chi connectivity index (χ4n) is 3.98. The normalized spacial score (nSPS) is 16.8. The molecule has 1 N–H and O–H groups in total. The van der Waals surface area contributed by atoms with Gasteiger partial charge in [-0.25, -0.2) is 17.5 Å². The van der Waals surface area contributed by atoms with Gasteiger partial charge in [-0.3, -0.25) is 4.79 Å². The largest absolute Gasteiger partial charge is 0.480 e. The second kappa shape index (κ2) is 9.90. The molecule has 8 nitrogen and oxygen atoms in total. The molecule has 0 bridgehead atoms. The topological polar surface area (TPSA) is 93.5 Å². The summed E-state index contributed by atoms with van der Waals surface area (Å²) in [6, 6.07) is 7.98. The molecular formula is C23H22F4N4O4S. The lowest BCUT2D eigenvalue weighted by Crippen LogP contribution is -2.45. The van der Waals surface area contributed by atoms with E-state index in [0.717, 1.165) is 28.6 Å². The molecule has 0 spiro atoms. The molecule has 1 unspecified atom stereocenters. The van der Waals surface area contributed by atoms with Crippen LogP contribution in [0.2, 0.25) is 0 Å². The Morgan fingerprint density at radius 3 is 2.56 bits per heavy atom. The Bertz CT molecular complexity index is 1360. The zero-order valence-corrected chi connectivity index (χ0v) is 19.8. The van der Waals surface area contributed by atoms with Crippen LogP contribution in [-0.4, -0.2) is 48.1 Å². The Balaban J connectivity index is 1.48. The summed E-state index contributed by atoms with van der Waals surface area (Å²) in [4.78, 5) is 12.7. The Morgan fingerprint density at radius 1 is 1.19 bits per heavy atom. The number of aromatic nitrogens is 2. The number of carbonyl (C=O) groups excluding carboxylic acids is 1. The molecule has 1 saturated heterocycles. The number of benzene rings is 2. The van der Waals surface area contributed by atoms with Gasteiger partial charge in [-0.05, 0) is 55.3 Å². The predicted molar refractivity (Wildman–Crippen MR) is 120 cm³/mol. The molecule has 4 rings (SSSR count). The van der Waals surface area contributed by atoms with Gasteiger partial charge in [-0.1, -0.05) is 6.07 Å². The highest BCUT2D eigenvalue weighted by atomic mass is 32.2. The molecule has 192 valence electrons. The molecule has 1 amide bonds. The van der Waals surface area contributed by atoms with Crippen LogP contribution in [0.3, 0.4) is 0 Å². The molecule has 1 aliphatic heterocycles. The lowest BCUT2D eigenvalue weighted by atomic mass is 10.2. The van der Waals surface area contributed by atoms with Crippen molar-refractivity contribution in [3.05, 3.63) is 71.7 Å². The van der Waals surface area contributed by atoms with Crippen molar-refractivity contribution in [3.8, 4) is 11.6 Å². The first kappa shape index (κ1) is 25.6. The quantitative estimate of drug-likeness (QED) is 0.476. The zero-order chi connectivity index (χ0) is 26.1. The number of carbonyl (C=O) groups is 1. The molecular weight excluding hydrogens is 504 g/mol. The van der Waals surface area contributed by atoms with Crippen LogP contribution in [0.15, 0.2) is 59.6 Å². The van der Waals surface area contributed by atoms with Crippen molar-refractivity contribution in [1.82, 2.24) is 19.4 Å². The van der Waals surface area contributed by atoms with Crippen molar-refractivity contribution in [1.29, 1.82) is 0 Å². The summed E-state index contributed by atoms with van der Waals surface area (Å²) in [5, 5.41) is 6.86. The summed E-state index contributed by atoms with van der Waals surface area (Å²) in [5.74, 6) is -1.10. The van der Waals surface area contributed by atoms with E-state index >= 15 is 0 Å². The Labute approximate surface area is 204 Å². The minimum atomic E-state index is -4.47. The predicted octanol–water partition coefficient (Wildman–Crippen LogP) is 3.51. The number of halogens is 4. The third-order valence-electron chi connectivity index (χ3n) is 5.77. The van der Waals surface area contributed by atoms with Gasteiger partial charge in [0.05, 0.1) is 28.8 Å². The number of nitrogens with one attached hydrogen (secondary N) is 1. The van der Waals surface area contributed by atoms with E-state index in [9.17, 15) is 30.8 Å². The molecule has 1 aliphatic rings. The fourth-order valence-corrected chi connectivity index (χ4v) is 5.66. The third-order valence-corrected chi connectivity index (χ3v) is 7.67. The number of ether oxygens (including phenoxy) is 1. The summed E-state index contributed by atoms with van der Waals surface area (Å²) in [5.41, 5.74) is -0.0162. The lowest BCUT2D eigenvalue weighted by Gasteiger charge is -2.23. The van der Waals surface area contributed by atoms with E-state index in [0.29, 0.717) is 24.1 Å². The molecule has 3 aromatic rings. The maximum Gasteiger partial charge on any atom is 0.416 e. The first-order valence-corrected chi connectivity index (χ1v) is 12.3. The van der Waals surface area contributed by atoms with Crippen molar-refractivity contribution in [2.24, 2.45) is 0 Å². The van der Waals surface area contributed by atoms with Gasteiger partial charge in [0.2, 0.25) is 21.8 Å². The van der Waals surface area contributed by atoms with E-state index in [1.165, 1.54) is 42.3 Å². The smallest absolute Gasteiger partial charge is 0.416 e. The molecule has 2 heterocycles. The van der Waals surface area contributed by atoms with Crippen molar-refractivity contribution < 1.29 is 35.5 Å². The van der Waals surface area contributed by atoms with Gasteiger partial charge in [0.15, 0.2) is 0 Å². The van der Waals surface area contributed by atoms with Gasteiger partial charge in [-0.15, -0.1) is 5.10 Å². The van der Waals surface area contributed by atoms with E-state index in [-0.39, 0.29) is 23.9 Å². The van der Waals surface area contributed by atoms with Crippen LogP contribution in [0, 0.1) is 5.82 Å².